The fourth-order valence-corrected chi connectivity index (χ4v) is 3.54. The molecule has 5 heteroatoms. The van der Waals surface area contributed by atoms with Gasteiger partial charge in [0, 0.05) is 10.8 Å². The number of carbonyl (C=O) groups excluding carboxylic acids is 2. The first-order valence-corrected chi connectivity index (χ1v) is 10.0. The fraction of sp³-hybridized carbons (Fsp3) is 0.417. The Morgan fingerprint density at radius 2 is 1.66 bits per heavy atom. The molecular formula is C24H28N2O3. The summed E-state index contributed by atoms with van der Waals surface area (Å²) in [4.78, 5) is 33.7. The van der Waals surface area contributed by atoms with Crippen LogP contribution in [0.5, 0.6) is 0 Å². The number of fused-ring (bicyclic) bond motifs is 1. The molecule has 0 bridgehead atoms. The summed E-state index contributed by atoms with van der Waals surface area (Å²) >= 11 is 0. The smallest absolute Gasteiger partial charge is 0.338 e. The quantitative estimate of drug-likeness (QED) is 0.411. The van der Waals surface area contributed by atoms with Gasteiger partial charge in [-0.2, -0.15) is 0 Å². The van der Waals surface area contributed by atoms with E-state index in [1.54, 1.807) is 43.5 Å². The average molecular weight is 392 g/mol. The Kier molecular flexibility index (Phi) is 5.69. The third-order valence-corrected chi connectivity index (χ3v) is 5.53. The van der Waals surface area contributed by atoms with Gasteiger partial charge in [0.25, 0.3) is 0 Å². The summed E-state index contributed by atoms with van der Waals surface area (Å²) in [6.07, 6.45) is 6.86. The van der Waals surface area contributed by atoms with Gasteiger partial charge >= 0.3 is 5.97 Å². The standard InChI is InChI=1S/C24H28N2O3/c1-6-29-22(28)17-10-7-16(8-11-17)9-12-19(27)18-15-25-20-21(26-18)24(4,5)14-13-23(20,2)3/h7-12,15H,6,13-14H2,1-5H3. The number of ketones is 1. The molecule has 1 heterocycles. The second-order valence-electron chi connectivity index (χ2n) is 8.76. The molecule has 29 heavy (non-hydrogen) atoms. The zero-order valence-corrected chi connectivity index (χ0v) is 17.8. The van der Waals surface area contributed by atoms with Gasteiger partial charge in [-0.1, -0.05) is 45.9 Å². The first-order chi connectivity index (χ1) is 13.6. The maximum Gasteiger partial charge on any atom is 0.338 e. The van der Waals surface area contributed by atoms with Crippen LogP contribution in [0.2, 0.25) is 0 Å². The molecule has 152 valence electrons. The predicted molar refractivity (Wildman–Crippen MR) is 113 cm³/mol. The maximum absolute atomic E-state index is 12.7. The van der Waals surface area contributed by atoms with Crippen molar-refractivity contribution in [3.05, 3.63) is 64.7 Å². The van der Waals surface area contributed by atoms with Crippen LogP contribution < -0.4 is 0 Å². The Balaban J connectivity index is 1.80. The Bertz CT molecular complexity index is 957. The van der Waals surface area contributed by atoms with Gasteiger partial charge in [0.2, 0.25) is 5.78 Å². The van der Waals surface area contributed by atoms with Crippen molar-refractivity contribution in [2.45, 2.75) is 58.3 Å². The number of esters is 1. The normalized spacial score (nSPS) is 17.0. The highest BCUT2D eigenvalue weighted by Gasteiger charge is 2.39. The third kappa shape index (κ3) is 4.44. The molecule has 0 amide bonds. The molecule has 1 aliphatic carbocycles. The molecule has 0 spiro atoms. The van der Waals surface area contributed by atoms with Gasteiger partial charge in [-0.3, -0.25) is 9.78 Å². The van der Waals surface area contributed by atoms with Crippen molar-refractivity contribution < 1.29 is 14.3 Å². The van der Waals surface area contributed by atoms with Gasteiger partial charge in [0.05, 0.1) is 29.8 Å². The Labute approximate surface area is 172 Å². The first kappa shape index (κ1) is 20.9. The van der Waals surface area contributed by atoms with E-state index in [2.05, 4.69) is 32.7 Å². The number of aromatic nitrogens is 2. The number of nitrogens with zero attached hydrogens (tertiary/aromatic N) is 2. The highest BCUT2D eigenvalue weighted by Crippen LogP contribution is 2.43. The molecule has 0 saturated carbocycles. The predicted octanol–water partition coefficient (Wildman–Crippen LogP) is 4.90. The van der Waals surface area contributed by atoms with Gasteiger partial charge in [0.15, 0.2) is 0 Å². The SMILES string of the molecule is CCOC(=O)c1ccc(C=CC(=O)c2cnc3c(n2)C(C)(C)CCC3(C)C)cc1. The van der Waals surface area contributed by atoms with Crippen LogP contribution in [0.25, 0.3) is 6.08 Å². The monoisotopic (exact) mass is 392 g/mol. The average Bonchev–Trinajstić information content (AvgIpc) is 2.70. The van der Waals surface area contributed by atoms with Gasteiger partial charge in [-0.05, 0) is 43.5 Å². The molecule has 0 radical (unpaired) electrons. The molecule has 0 atom stereocenters. The Morgan fingerprint density at radius 3 is 2.28 bits per heavy atom. The number of hydrogen-bond donors (Lipinski definition) is 0. The topological polar surface area (TPSA) is 69.2 Å². The van der Waals surface area contributed by atoms with E-state index in [1.165, 1.54) is 6.08 Å². The zero-order valence-electron chi connectivity index (χ0n) is 17.8. The van der Waals surface area contributed by atoms with E-state index in [-0.39, 0.29) is 22.6 Å². The second kappa shape index (κ2) is 7.90. The molecule has 0 aliphatic heterocycles. The van der Waals surface area contributed by atoms with E-state index in [9.17, 15) is 9.59 Å². The molecule has 0 fully saturated rings. The lowest BCUT2D eigenvalue weighted by atomic mass is 9.67. The van der Waals surface area contributed by atoms with E-state index in [0.717, 1.165) is 29.8 Å². The molecule has 5 nitrogen and oxygen atoms in total. The summed E-state index contributed by atoms with van der Waals surface area (Å²) in [6.45, 7) is 10.8. The van der Waals surface area contributed by atoms with Crippen LogP contribution in [-0.2, 0) is 15.6 Å². The van der Waals surface area contributed by atoms with Crippen LogP contribution in [0.1, 0.15) is 85.3 Å². The molecule has 3 rings (SSSR count). The summed E-state index contributed by atoms with van der Waals surface area (Å²) < 4.78 is 4.97. The zero-order chi connectivity index (χ0) is 21.2. The lowest BCUT2D eigenvalue weighted by Gasteiger charge is -2.39. The van der Waals surface area contributed by atoms with E-state index in [4.69, 9.17) is 9.72 Å². The summed E-state index contributed by atoms with van der Waals surface area (Å²) in [5.41, 5.74) is 3.44. The van der Waals surface area contributed by atoms with E-state index < -0.39 is 0 Å². The van der Waals surface area contributed by atoms with Crippen molar-refractivity contribution in [2.24, 2.45) is 0 Å². The van der Waals surface area contributed by atoms with Crippen LogP contribution in [0.3, 0.4) is 0 Å². The number of hydrogen-bond acceptors (Lipinski definition) is 5. The van der Waals surface area contributed by atoms with Crippen molar-refractivity contribution in [3.8, 4) is 0 Å². The highest BCUT2D eigenvalue weighted by atomic mass is 16.5. The number of benzene rings is 1. The lowest BCUT2D eigenvalue weighted by Crippen LogP contribution is -2.36. The largest absolute Gasteiger partial charge is 0.462 e. The first-order valence-electron chi connectivity index (χ1n) is 10.0. The summed E-state index contributed by atoms with van der Waals surface area (Å²) in [5.74, 6) is -0.539. The van der Waals surface area contributed by atoms with Crippen LogP contribution in [-0.4, -0.2) is 28.3 Å². The minimum Gasteiger partial charge on any atom is -0.462 e. The highest BCUT2D eigenvalue weighted by molar-refractivity contribution is 6.05. The molecule has 1 aliphatic rings. The van der Waals surface area contributed by atoms with E-state index in [0.29, 0.717) is 17.9 Å². The fourth-order valence-electron chi connectivity index (χ4n) is 3.54. The van der Waals surface area contributed by atoms with Crippen molar-refractivity contribution in [3.63, 3.8) is 0 Å². The van der Waals surface area contributed by atoms with Crippen LogP contribution in [0.4, 0.5) is 0 Å². The van der Waals surface area contributed by atoms with Crippen LogP contribution >= 0.6 is 0 Å². The molecule has 0 saturated heterocycles. The minimum absolute atomic E-state index is 0.0318. The molecule has 0 unspecified atom stereocenters. The molecular weight excluding hydrogens is 364 g/mol. The summed E-state index contributed by atoms with van der Waals surface area (Å²) in [6, 6.07) is 6.93. The van der Waals surface area contributed by atoms with Crippen molar-refractivity contribution in [1.82, 2.24) is 9.97 Å². The van der Waals surface area contributed by atoms with E-state index >= 15 is 0 Å². The second-order valence-corrected chi connectivity index (χ2v) is 8.76. The summed E-state index contributed by atoms with van der Waals surface area (Å²) in [5, 5.41) is 0. The maximum atomic E-state index is 12.7. The number of carbonyl (C=O) groups is 2. The number of ether oxygens (including phenoxy) is 1. The van der Waals surface area contributed by atoms with Crippen molar-refractivity contribution >= 4 is 17.8 Å². The Morgan fingerprint density at radius 1 is 1.03 bits per heavy atom. The van der Waals surface area contributed by atoms with Crippen LogP contribution in [0, 0.1) is 0 Å². The van der Waals surface area contributed by atoms with Gasteiger partial charge in [0.1, 0.15) is 5.69 Å². The van der Waals surface area contributed by atoms with Crippen molar-refractivity contribution in [2.75, 3.05) is 6.61 Å². The minimum atomic E-state index is -0.353. The van der Waals surface area contributed by atoms with Crippen molar-refractivity contribution in [1.29, 1.82) is 0 Å². The van der Waals surface area contributed by atoms with Gasteiger partial charge in [-0.25, -0.2) is 9.78 Å². The molecule has 2 aromatic rings. The third-order valence-electron chi connectivity index (χ3n) is 5.53. The lowest BCUT2D eigenvalue weighted by molar-refractivity contribution is 0.0526. The van der Waals surface area contributed by atoms with E-state index in [1.807, 2.05) is 0 Å². The van der Waals surface area contributed by atoms with Gasteiger partial charge in [-0.15, -0.1) is 0 Å². The number of rotatable bonds is 5. The molecule has 0 N–H and O–H groups in total. The summed E-state index contributed by atoms with van der Waals surface area (Å²) in [7, 11) is 0. The van der Waals surface area contributed by atoms with Crippen LogP contribution in [0.15, 0.2) is 36.5 Å². The van der Waals surface area contributed by atoms with Gasteiger partial charge < -0.3 is 4.74 Å². The Hall–Kier alpha value is -2.82. The molecule has 1 aromatic carbocycles. The number of allylic oxidation sites excluding steroid dienone is 1. The molecule has 1 aromatic heterocycles.